The molecule has 7 nitrogen and oxygen atoms in total. The second-order valence-electron chi connectivity index (χ2n) is 3.79. The number of nitrogens with one attached hydrogen (secondary N) is 1. The van der Waals surface area contributed by atoms with E-state index in [0.717, 1.165) is 6.42 Å². The van der Waals surface area contributed by atoms with E-state index >= 15 is 0 Å². The lowest BCUT2D eigenvalue weighted by molar-refractivity contribution is -0.138. The Morgan fingerprint density at radius 1 is 1.17 bits per heavy atom. The van der Waals surface area contributed by atoms with Gasteiger partial charge in [-0.1, -0.05) is 0 Å². The molecule has 0 aromatic rings. The zero-order chi connectivity index (χ0) is 13.8. The van der Waals surface area contributed by atoms with Crippen molar-refractivity contribution in [1.29, 1.82) is 0 Å². The molecule has 0 aliphatic rings. The molecule has 0 fully saturated rings. The summed E-state index contributed by atoms with van der Waals surface area (Å²) in [5.41, 5.74) is 0. The van der Waals surface area contributed by atoms with Crippen molar-refractivity contribution in [3.05, 3.63) is 0 Å². The van der Waals surface area contributed by atoms with Crippen LogP contribution in [0, 0.1) is 0 Å². The van der Waals surface area contributed by atoms with E-state index in [1.807, 2.05) is 0 Å². The molecule has 0 saturated heterocycles. The molecule has 0 spiro atoms. The molecule has 0 aliphatic heterocycles. The van der Waals surface area contributed by atoms with Gasteiger partial charge in [-0.25, -0.2) is 0 Å². The van der Waals surface area contributed by atoms with Crippen LogP contribution in [0.15, 0.2) is 0 Å². The van der Waals surface area contributed by atoms with E-state index in [-0.39, 0.29) is 19.0 Å². The Hall–Kier alpha value is -1.18. The SMILES string of the molecule is COCCCNC(=O)CN(CCOC)CC(=O)O. The smallest absolute Gasteiger partial charge is 0.317 e. The molecule has 0 radical (unpaired) electrons. The highest BCUT2D eigenvalue weighted by atomic mass is 16.5. The molecule has 0 unspecified atom stereocenters. The Morgan fingerprint density at radius 2 is 1.83 bits per heavy atom. The second-order valence-corrected chi connectivity index (χ2v) is 3.79. The standard InChI is InChI=1S/C11H22N2O5/c1-17-6-3-4-12-10(14)8-13(5-7-18-2)9-11(15)16/h3-9H2,1-2H3,(H,12,14)(H,15,16). The quantitative estimate of drug-likeness (QED) is 0.473. The maximum atomic E-state index is 11.5. The summed E-state index contributed by atoms with van der Waals surface area (Å²) in [5.74, 6) is -1.15. The van der Waals surface area contributed by atoms with Crippen LogP contribution in [0.1, 0.15) is 6.42 Å². The topological polar surface area (TPSA) is 88.1 Å². The monoisotopic (exact) mass is 262 g/mol. The van der Waals surface area contributed by atoms with E-state index in [2.05, 4.69) is 5.32 Å². The van der Waals surface area contributed by atoms with E-state index in [1.165, 1.54) is 12.0 Å². The van der Waals surface area contributed by atoms with Crippen molar-refractivity contribution in [2.24, 2.45) is 0 Å². The Kier molecular flexibility index (Phi) is 10.2. The van der Waals surface area contributed by atoms with Gasteiger partial charge in [0.1, 0.15) is 0 Å². The van der Waals surface area contributed by atoms with Gasteiger partial charge in [0.2, 0.25) is 5.91 Å². The molecule has 0 saturated carbocycles. The number of carbonyl (C=O) groups is 2. The zero-order valence-corrected chi connectivity index (χ0v) is 11.0. The fourth-order valence-electron chi connectivity index (χ4n) is 1.33. The molecule has 2 N–H and O–H groups in total. The average molecular weight is 262 g/mol. The number of amides is 1. The molecule has 0 heterocycles. The van der Waals surface area contributed by atoms with Crippen LogP contribution >= 0.6 is 0 Å². The van der Waals surface area contributed by atoms with Gasteiger partial charge in [-0.2, -0.15) is 0 Å². The number of hydrogen-bond acceptors (Lipinski definition) is 5. The number of aliphatic carboxylic acids is 1. The number of carboxylic acid groups (broad SMARTS) is 1. The third kappa shape index (κ3) is 10.0. The predicted octanol–water partition coefficient (Wildman–Crippen LogP) is -0.828. The van der Waals surface area contributed by atoms with Crippen LogP contribution < -0.4 is 5.32 Å². The van der Waals surface area contributed by atoms with Crippen molar-refractivity contribution < 1.29 is 24.2 Å². The number of methoxy groups -OCH3 is 2. The molecule has 0 aromatic heterocycles. The average Bonchev–Trinajstić information content (AvgIpc) is 2.31. The van der Waals surface area contributed by atoms with Gasteiger partial charge in [-0.05, 0) is 6.42 Å². The summed E-state index contributed by atoms with van der Waals surface area (Å²) in [4.78, 5) is 23.7. The van der Waals surface area contributed by atoms with Gasteiger partial charge in [0.15, 0.2) is 0 Å². The number of carbonyl (C=O) groups excluding carboxylic acids is 1. The van der Waals surface area contributed by atoms with Gasteiger partial charge in [-0.15, -0.1) is 0 Å². The first-order chi connectivity index (χ1) is 8.60. The maximum absolute atomic E-state index is 11.5. The van der Waals surface area contributed by atoms with Crippen LogP contribution in [-0.4, -0.2) is 75.5 Å². The fraction of sp³-hybridized carbons (Fsp3) is 0.818. The van der Waals surface area contributed by atoms with Crippen LogP contribution in [0.3, 0.4) is 0 Å². The highest BCUT2D eigenvalue weighted by Crippen LogP contribution is 1.89. The largest absolute Gasteiger partial charge is 0.480 e. The Bertz CT molecular complexity index is 248. The summed E-state index contributed by atoms with van der Waals surface area (Å²) in [7, 11) is 3.13. The van der Waals surface area contributed by atoms with Crippen LogP contribution in [0.25, 0.3) is 0 Å². The molecule has 0 aliphatic carbocycles. The normalized spacial score (nSPS) is 10.6. The lowest BCUT2D eigenvalue weighted by Gasteiger charge is -2.19. The Balaban J connectivity index is 3.89. The van der Waals surface area contributed by atoms with Crippen molar-refractivity contribution in [3.63, 3.8) is 0 Å². The van der Waals surface area contributed by atoms with Crippen LogP contribution in [0.4, 0.5) is 0 Å². The minimum atomic E-state index is -0.960. The number of nitrogens with zero attached hydrogens (tertiary/aromatic N) is 1. The third-order valence-electron chi connectivity index (χ3n) is 2.19. The maximum Gasteiger partial charge on any atom is 0.317 e. The summed E-state index contributed by atoms with van der Waals surface area (Å²) < 4.78 is 9.72. The molecule has 106 valence electrons. The van der Waals surface area contributed by atoms with E-state index in [9.17, 15) is 9.59 Å². The fourth-order valence-corrected chi connectivity index (χ4v) is 1.33. The van der Waals surface area contributed by atoms with E-state index in [1.54, 1.807) is 7.11 Å². The highest BCUT2D eigenvalue weighted by Gasteiger charge is 2.13. The minimum Gasteiger partial charge on any atom is -0.480 e. The van der Waals surface area contributed by atoms with Crippen molar-refractivity contribution in [2.45, 2.75) is 6.42 Å². The molecule has 0 rings (SSSR count). The molecule has 0 bridgehead atoms. The van der Waals surface area contributed by atoms with Crippen molar-refractivity contribution >= 4 is 11.9 Å². The molecular weight excluding hydrogens is 240 g/mol. The molecular formula is C11H22N2O5. The summed E-state index contributed by atoms with van der Waals surface area (Å²) >= 11 is 0. The van der Waals surface area contributed by atoms with E-state index in [4.69, 9.17) is 14.6 Å². The second kappa shape index (κ2) is 10.9. The Morgan fingerprint density at radius 3 is 2.39 bits per heavy atom. The van der Waals surface area contributed by atoms with Gasteiger partial charge < -0.3 is 19.9 Å². The number of carboxylic acids is 1. The van der Waals surface area contributed by atoms with E-state index in [0.29, 0.717) is 26.3 Å². The molecule has 7 heteroatoms. The van der Waals surface area contributed by atoms with Crippen molar-refractivity contribution in [1.82, 2.24) is 10.2 Å². The van der Waals surface area contributed by atoms with Crippen LogP contribution in [-0.2, 0) is 19.1 Å². The zero-order valence-electron chi connectivity index (χ0n) is 11.0. The van der Waals surface area contributed by atoms with Gasteiger partial charge in [0.25, 0.3) is 0 Å². The first-order valence-electron chi connectivity index (χ1n) is 5.79. The van der Waals surface area contributed by atoms with Crippen LogP contribution in [0.5, 0.6) is 0 Å². The van der Waals surface area contributed by atoms with Gasteiger partial charge >= 0.3 is 5.97 Å². The van der Waals surface area contributed by atoms with Crippen molar-refractivity contribution in [3.8, 4) is 0 Å². The molecule has 1 amide bonds. The summed E-state index contributed by atoms with van der Waals surface area (Å²) in [6, 6.07) is 0. The number of rotatable bonds is 11. The van der Waals surface area contributed by atoms with E-state index < -0.39 is 5.97 Å². The van der Waals surface area contributed by atoms with Gasteiger partial charge in [-0.3, -0.25) is 14.5 Å². The lowest BCUT2D eigenvalue weighted by Crippen LogP contribution is -2.41. The summed E-state index contributed by atoms with van der Waals surface area (Å²) in [6.45, 7) is 1.80. The first-order valence-corrected chi connectivity index (χ1v) is 5.79. The third-order valence-corrected chi connectivity index (χ3v) is 2.19. The van der Waals surface area contributed by atoms with Gasteiger partial charge in [0, 0.05) is 33.9 Å². The summed E-state index contributed by atoms with van der Waals surface area (Å²) in [6.07, 6.45) is 0.735. The molecule has 0 atom stereocenters. The Labute approximate surface area is 107 Å². The predicted molar refractivity (Wildman–Crippen MR) is 65.5 cm³/mol. The van der Waals surface area contributed by atoms with Crippen LogP contribution in [0.2, 0.25) is 0 Å². The first kappa shape index (κ1) is 16.8. The number of ether oxygens (including phenoxy) is 2. The lowest BCUT2D eigenvalue weighted by atomic mass is 10.4. The van der Waals surface area contributed by atoms with Gasteiger partial charge in [0.05, 0.1) is 19.7 Å². The molecule has 18 heavy (non-hydrogen) atoms. The summed E-state index contributed by atoms with van der Waals surface area (Å²) in [5, 5.41) is 11.4. The minimum absolute atomic E-state index is 0.0582. The highest BCUT2D eigenvalue weighted by molar-refractivity contribution is 5.78. The van der Waals surface area contributed by atoms with Crippen molar-refractivity contribution in [2.75, 3.05) is 53.6 Å². The number of hydrogen-bond donors (Lipinski definition) is 2. The molecule has 0 aromatic carbocycles.